The van der Waals surface area contributed by atoms with E-state index in [9.17, 15) is 5.11 Å². The van der Waals surface area contributed by atoms with Gasteiger partial charge in [-0.15, -0.1) is 0 Å². The summed E-state index contributed by atoms with van der Waals surface area (Å²) in [5, 5.41) is 9.54. The summed E-state index contributed by atoms with van der Waals surface area (Å²) in [6.45, 7) is 2.07. The zero-order chi connectivity index (χ0) is 8.10. The standard InChI is InChI=1S/C10H18O/c1-2-6-10(11)9-7-4-3-5-8-9/h6,9,11H,2-5,7-8H2,1H3/b10-6+. The van der Waals surface area contributed by atoms with Crippen LogP contribution < -0.4 is 0 Å². The summed E-state index contributed by atoms with van der Waals surface area (Å²) in [5.74, 6) is 1.14. The van der Waals surface area contributed by atoms with Crippen LogP contribution >= 0.6 is 0 Å². The molecule has 0 atom stereocenters. The zero-order valence-electron chi connectivity index (χ0n) is 7.34. The molecule has 0 spiro atoms. The van der Waals surface area contributed by atoms with Gasteiger partial charge in [0.1, 0.15) is 0 Å². The largest absolute Gasteiger partial charge is 0.512 e. The summed E-state index contributed by atoms with van der Waals surface area (Å²) in [4.78, 5) is 0. The van der Waals surface area contributed by atoms with Crippen molar-refractivity contribution in [2.24, 2.45) is 5.92 Å². The number of hydrogen-bond donors (Lipinski definition) is 1. The van der Waals surface area contributed by atoms with E-state index < -0.39 is 0 Å². The molecule has 0 aromatic rings. The minimum atomic E-state index is 0.490. The highest BCUT2D eigenvalue weighted by Crippen LogP contribution is 2.28. The molecule has 0 aromatic carbocycles. The third-order valence-electron chi connectivity index (χ3n) is 2.44. The van der Waals surface area contributed by atoms with Gasteiger partial charge < -0.3 is 5.11 Å². The molecular formula is C10H18O. The Morgan fingerprint density at radius 2 is 2.00 bits per heavy atom. The third kappa shape index (κ3) is 2.57. The number of aliphatic hydroxyl groups is 1. The van der Waals surface area contributed by atoms with Crippen LogP contribution in [-0.2, 0) is 0 Å². The Labute approximate surface area is 69.1 Å². The summed E-state index contributed by atoms with van der Waals surface area (Å²) in [5.41, 5.74) is 0. The van der Waals surface area contributed by atoms with E-state index in [2.05, 4.69) is 6.92 Å². The van der Waals surface area contributed by atoms with Gasteiger partial charge in [0.15, 0.2) is 0 Å². The van der Waals surface area contributed by atoms with E-state index in [-0.39, 0.29) is 0 Å². The number of hydrogen-bond acceptors (Lipinski definition) is 1. The fourth-order valence-electron chi connectivity index (χ4n) is 1.77. The van der Waals surface area contributed by atoms with Gasteiger partial charge in [0.25, 0.3) is 0 Å². The number of allylic oxidation sites excluding steroid dienone is 2. The Morgan fingerprint density at radius 1 is 1.36 bits per heavy atom. The molecule has 0 aromatic heterocycles. The van der Waals surface area contributed by atoms with Gasteiger partial charge in [-0.3, -0.25) is 0 Å². The van der Waals surface area contributed by atoms with E-state index in [1.807, 2.05) is 6.08 Å². The van der Waals surface area contributed by atoms with Crippen molar-refractivity contribution in [2.45, 2.75) is 45.4 Å². The molecule has 1 N–H and O–H groups in total. The monoisotopic (exact) mass is 154 g/mol. The van der Waals surface area contributed by atoms with Gasteiger partial charge in [0, 0.05) is 5.92 Å². The van der Waals surface area contributed by atoms with Gasteiger partial charge in [-0.05, 0) is 25.3 Å². The number of aliphatic hydroxyl groups excluding tert-OH is 1. The fraction of sp³-hybridized carbons (Fsp3) is 0.800. The first kappa shape index (κ1) is 8.63. The molecule has 1 aliphatic rings. The smallest absolute Gasteiger partial charge is 0.0913 e. The maximum atomic E-state index is 9.54. The van der Waals surface area contributed by atoms with Crippen molar-refractivity contribution < 1.29 is 5.11 Å². The van der Waals surface area contributed by atoms with Gasteiger partial charge >= 0.3 is 0 Å². The van der Waals surface area contributed by atoms with Crippen LogP contribution in [0.15, 0.2) is 11.8 Å². The van der Waals surface area contributed by atoms with Crippen LogP contribution in [0.25, 0.3) is 0 Å². The van der Waals surface area contributed by atoms with Crippen molar-refractivity contribution in [1.82, 2.24) is 0 Å². The first-order chi connectivity index (χ1) is 5.34. The van der Waals surface area contributed by atoms with Crippen molar-refractivity contribution in [2.75, 3.05) is 0 Å². The van der Waals surface area contributed by atoms with E-state index in [4.69, 9.17) is 0 Å². The normalized spacial score (nSPS) is 22.1. The summed E-state index contributed by atoms with van der Waals surface area (Å²) < 4.78 is 0. The SMILES string of the molecule is CC/C=C(/O)C1CCCCC1. The molecule has 0 unspecified atom stereocenters. The lowest BCUT2D eigenvalue weighted by molar-refractivity contribution is 0.274. The van der Waals surface area contributed by atoms with Crippen molar-refractivity contribution in [3.63, 3.8) is 0 Å². The third-order valence-corrected chi connectivity index (χ3v) is 2.44. The summed E-state index contributed by atoms with van der Waals surface area (Å²) in [6.07, 6.45) is 9.26. The molecule has 1 heteroatoms. The average molecular weight is 154 g/mol. The van der Waals surface area contributed by atoms with Crippen LogP contribution in [0.1, 0.15) is 45.4 Å². The fourth-order valence-corrected chi connectivity index (χ4v) is 1.77. The average Bonchev–Trinajstić information content (AvgIpc) is 2.07. The highest BCUT2D eigenvalue weighted by atomic mass is 16.3. The van der Waals surface area contributed by atoms with Crippen molar-refractivity contribution in [3.8, 4) is 0 Å². The lowest BCUT2D eigenvalue weighted by Gasteiger charge is -2.20. The molecule has 0 saturated heterocycles. The van der Waals surface area contributed by atoms with Crippen LogP contribution in [0, 0.1) is 5.92 Å². The predicted octanol–water partition coefficient (Wildman–Crippen LogP) is 3.42. The molecule has 0 heterocycles. The van der Waals surface area contributed by atoms with Gasteiger partial charge in [0.2, 0.25) is 0 Å². The van der Waals surface area contributed by atoms with E-state index in [1.54, 1.807) is 0 Å². The molecule has 0 amide bonds. The van der Waals surface area contributed by atoms with Crippen LogP contribution in [0.5, 0.6) is 0 Å². The Bertz CT molecular complexity index is 132. The number of rotatable bonds is 2. The quantitative estimate of drug-likeness (QED) is 0.604. The molecule has 1 saturated carbocycles. The molecule has 1 nitrogen and oxygen atoms in total. The van der Waals surface area contributed by atoms with Gasteiger partial charge in [-0.1, -0.05) is 26.2 Å². The van der Waals surface area contributed by atoms with Gasteiger partial charge in [-0.25, -0.2) is 0 Å². The van der Waals surface area contributed by atoms with E-state index in [1.165, 1.54) is 32.1 Å². The topological polar surface area (TPSA) is 20.2 Å². The molecule has 0 radical (unpaired) electrons. The van der Waals surface area contributed by atoms with Crippen LogP contribution in [0.4, 0.5) is 0 Å². The van der Waals surface area contributed by atoms with E-state index in [0.717, 1.165) is 6.42 Å². The molecule has 1 rings (SSSR count). The minimum absolute atomic E-state index is 0.490. The highest BCUT2D eigenvalue weighted by molar-refractivity contribution is 4.97. The predicted molar refractivity (Wildman–Crippen MR) is 47.6 cm³/mol. The molecular weight excluding hydrogens is 136 g/mol. The van der Waals surface area contributed by atoms with Crippen molar-refractivity contribution >= 4 is 0 Å². The van der Waals surface area contributed by atoms with Crippen LogP contribution in [0.2, 0.25) is 0 Å². The minimum Gasteiger partial charge on any atom is -0.512 e. The maximum absolute atomic E-state index is 9.54. The molecule has 0 aliphatic heterocycles. The second-order valence-corrected chi connectivity index (χ2v) is 3.37. The Hall–Kier alpha value is -0.460. The van der Waals surface area contributed by atoms with E-state index >= 15 is 0 Å². The van der Waals surface area contributed by atoms with Crippen LogP contribution in [0.3, 0.4) is 0 Å². The van der Waals surface area contributed by atoms with E-state index in [0.29, 0.717) is 11.7 Å². The summed E-state index contributed by atoms with van der Waals surface area (Å²) in [6, 6.07) is 0. The highest BCUT2D eigenvalue weighted by Gasteiger charge is 2.16. The Balaban J connectivity index is 2.38. The molecule has 11 heavy (non-hydrogen) atoms. The Morgan fingerprint density at radius 3 is 2.55 bits per heavy atom. The first-order valence-electron chi connectivity index (χ1n) is 4.73. The summed E-state index contributed by atoms with van der Waals surface area (Å²) in [7, 11) is 0. The summed E-state index contributed by atoms with van der Waals surface area (Å²) >= 11 is 0. The lowest BCUT2D eigenvalue weighted by atomic mass is 9.87. The molecule has 1 aliphatic carbocycles. The molecule has 64 valence electrons. The molecule has 0 bridgehead atoms. The lowest BCUT2D eigenvalue weighted by Crippen LogP contribution is -2.08. The first-order valence-corrected chi connectivity index (χ1v) is 4.73. The van der Waals surface area contributed by atoms with Gasteiger partial charge in [0.05, 0.1) is 5.76 Å². The zero-order valence-corrected chi connectivity index (χ0v) is 7.34. The van der Waals surface area contributed by atoms with Crippen molar-refractivity contribution in [3.05, 3.63) is 11.8 Å². The van der Waals surface area contributed by atoms with Crippen molar-refractivity contribution in [1.29, 1.82) is 0 Å². The second kappa shape index (κ2) is 4.42. The second-order valence-electron chi connectivity index (χ2n) is 3.37. The van der Waals surface area contributed by atoms with Crippen LogP contribution in [-0.4, -0.2) is 5.11 Å². The van der Waals surface area contributed by atoms with Gasteiger partial charge in [-0.2, -0.15) is 0 Å². The maximum Gasteiger partial charge on any atom is 0.0913 e. The Kier molecular flexibility index (Phi) is 3.47. The molecule has 1 fully saturated rings.